The SMILES string of the molecule is C[C@H](NC(=S)Nc1cccc(Br)c1)c1ccc2c(c1)OCCO2. The van der Waals surface area contributed by atoms with Crippen LogP contribution in [0.5, 0.6) is 11.5 Å². The lowest BCUT2D eigenvalue weighted by Crippen LogP contribution is -2.31. The quantitative estimate of drug-likeness (QED) is 0.763. The highest BCUT2D eigenvalue weighted by atomic mass is 79.9. The van der Waals surface area contributed by atoms with E-state index >= 15 is 0 Å². The normalized spacial score (nSPS) is 14.0. The molecule has 0 saturated carbocycles. The summed E-state index contributed by atoms with van der Waals surface area (Å²) in [7, 11) is 0. The van der Waals surface area contributed by atoms with E-state index in [0.29, 0.717) is 18.3 Å². The van der Waals surface area contributed by atoms with Crippen molar-refractivity contribution in [2.45, 2.75) is 13.0 Å². The number of halogens is 1. The number of anilines is 1. The van der Waals surface area contributed by atoms with Crippen molar-refractivity contribution in [3.63, 3.8) is 0 Å². The molecule has 6 heteroatoms. The molecule has 23 heavy (non-hydrogen) atoms. The number of thiocarbonyl (C=S) groups is 1. The van der Waals surface area contributed by atoms with Gasteiger partial charge in [0.05, 0.1) is 6.04 Å². The van der Waals surface area contributed by atoms with Crippen LogP contribution in [0.15, 0.2) is 46.9 Å². The van der Waals surface area contributed by atoms with E-state index in [-0.39, 0.29) is 6.04 Å². The molecule has 1 aliphatic heterocycles. The van der Waals surface area contributed by atoms with Gasteiger partial charge in [-0.3, -0.25) is 0 Å². The fourth-order valence-corrected chi connectivity index (χ4v) is 3.04. The summed E-state index contributed by atoms with van der Waals surface area (Å²) >= 11 is 8.83. The summed E-state index contributed by atoms with van der Waals surface area (Å²) in [6, 6.07) is 13.9. The molecular formula is C17H17BrN2O2S. The maximum Gasteiger partial charge on any atom is 0.171 e. The van der Waals surface area contributed by atoms with Gasteiger partial charge in [-0.1, -0.05) is 28.1 Å². The highest BCUT2D eigenvalue weighted by molar-refractivity contribution is 9.10. The van der Waals surface area contributed by atoms with Crippen molar-refractivity contribution >= 4 is 38.9 Å². The van der Waals surface area contributed by atoms with Crippen LogP contribution in [0.25, 0.3) is 0 Å². The van der Waals surface area contributed by atoms with Crippen LogP contribution in [0.4, 0.5) is 5.69 Å². The van der Waals surface area contributed by atoms with Crippen molar-refractivity contribution in [1.82, 2.24) is 5.32 Å². The van der Waals surface area contributed by atoms with Gasteiger partial charge < -0.3 is 20.1 Å². The largest absolute Gasteiger partial charge is 0.486 e. The molecule has 0 unspecified atom stereocenters. The molecule has 0 aliphatic carbocycles. The Hall–Kier alpha value is -1.79. The fraction of sp³-hybridized carbons (Fsp3) is 0.235. The Labute approximate surface area is 149 Å². The second-order valence-corrected chi connectivity index (χ2v) is 6.56. The number of hydrogen-bond acceptors (Lipinski definition) is 3. The van der Waals surface area contributed by atoms with E-state index in [1.54, 1.807) is 0 Å². The van der Waals surface area contributed by atoms with E-state index in [1.807, 2.05) is 42.5 Å². The Balaban J connectivity index is 1.64. The Bertz CT molecular complexity index is 723. The first-order valence-electron chi connectivity index (χ1n) is 7.34. The summed E-state index contributed by atoms with van der Waals surface area (Å²) in [4.78, 5) is 0. The van der Waals surface area contributed by atoms with E-state index in [4.69, 9.17) is 21.7 Å². The molecule has 0 bridgehead atoms. The third-order valence-corrected chi connectivity index (χ3v) is 4.21. The highest BCUT2D eigenvalue weighted by Crippen LogP contribution is 2.32. The van der Waals surface area contributed by atoms with Crippen molar-refractivity contribution in [1.29, 1.82) is 0 Å². The Kier molecular flexibility index (Phi) is 5.03. The second kappa shape index (κ2) is 7.19. The molecule has 120 valence electrons. The fourth-order valence-electron chi connectivity index (χ4n) is 2.34. The molecule has 1 aliphatic rings. The summed E-state index contributed by atoms with van der Waals surface area (Å²) in [6.45, 7) is 3.24. The van der Waals surface area contributed by atoms with Crippen LogP contribution in [0.3, 0.4) is 0 Å². The van der Waals surface area contributed by atoms with Gasteiger partial charge >= 0.3 is 0 Å². The standard InChI is InChI=1S/C17H17BrN2O2S/c1-11(12-5-6-15-16(9-12)22-8-7-21-15)19-17(23)20-14-4-2-3-13(18)10-14/h2-6,9-11H,7-8H2,1H3,(H2,19,20,23)/t11-/m0/s1. The summed E-state index contributed by atoms with van der Waals surface area (Å²) in [6.07, 6.45) is 0. The minimum absolute atomic E-state index is 0.0537. The average Bonchev–Trinajstić information content (AvgIpc) is 2.54. The van der Waals surface area contributed by atoms with Gasteiger partial charge in [0.1, 0.15) is 13.2 Å². The average molecular weight is 393 g/mol. The zero-order chi connectivity index (χ0) is 16.2. The molecule has 0 amide bonds. The molecule has 4 nitrogen and oxygen atoms in total. The van der Waals surface area contributed by atoms with Gasteiger partial charge in [0.2, 0.25) is 0 Å². The van der Waals surface area contributed by atoms with Crippen LogP contribution in [-0.2, 0) is 0 Å². The van der Waals surface area contributed by atoms with Crippen LogP contribution in [0, 0.1) is 0 Å². The van der Waals surface area contributed by atoms with Crippen LogP contribution in [0.2, 0.25) is 0 Å². The molecule has 0 radical (unpaired) electrons. The molecule has 0 saturated heterocycles. The van der Waals surface area contributed by atoms with Gasteiger partial charge in [0.15, 0.2) is 16.6 Å². The predicted octanol–water partition coefficient (Wildman–Crippen LogP) is 4.27. The monoisotopic (exact) mass is 392 g/mol. The third kappa shape index (κ3) is 4.14. The molecular weight excluding hydrogens is 376 g/mol. The smallest absolute Gasteiger partial charge is 0.171 e. The number of rotatable bonds is 3. The Morgan fingerprint density at radius 1 is 1.13 bits per heavy atom. The summed E-state index contributed by atoms with van der Waals surface area (Å²) in [5.41, 5.74) is 2.03. The van der Waals surface area contributed by atoms with E-state index in [9.17, 15) is 0 Å². The zero-order valence-corrected chi connectivity index (χ0v) is 15.0. The summed E-state index contributed by atoms with van der Waals surface area (Å²) < 4.78 is 12.2. The lowest BCUT2D eigenvalue weighted by Gasteiger charge is -2.22. The third-order valence-electron chi connectivity index (χ3n) is 3.50. The van der Waals surface area contributed by atoms with Crippen molar-refractivity contribution in [3.05, 3.63) is 52.5 Å². The van der Waals surface area contributed by atoms with Gasteiger partial charge in [0.25, 0.3) is 0 Å². The predicted molar refractivity (Wildman–Crippen MR) is 99.3 cm³/mol. The van der Waals surface area contributed by atoms with Crippen LogP contribution >= 0.6 is 28.1 Å². The van der Waals surface area contributed by atoms with Crippen LogP contribution < -0.4 is 20.1 Å². The zero-order valence-electron chi connectivity index (χ0n) is 12.6. The number of benzene rings is 2. The van der Waals surface area contributed by atoms with E-state index in [2.05, 4.69) is 33.5 Å². The molecule has 2 N–H and O–H groups in total. The lowest BCUT2D eigenvalue weighted by molar-refractivity contribution is 0.171. The van der Waals surface area contributed by atoms with Crippen molar-refractivity contribution in [2.24, 2.45) is 0 Å². The van der Waals surface area contributed by atoms with Gasteiger partial charge in [-0.25, -0.2) is 0 Å². The van der Waals surface area contributed by atoms with E-state index in [0.717, 1.165) is 27.2 Å². The Morgan fingerprint density at radius 2 is 1.91 bits per heavy atom. The van der Waals surface area contributed by atoms with Gasteiger partial charge in [-0.15, -0.1) is 0 Å². The maximum absolute atomic E-state index is 5.62. The topological polar surface area (TPSA) is 42.5 Å². The summed E-state index contributed by atoms with van der Waals surface area (Å²) in [5, 5.41) is 7.03. The van der Waals surface area contributed by atoms with E-state index < -0.39 is 0 Å². The number of fused-ring (bicyclic) bond motifs is 1. The minimum atomic E-state index is 0.0537. The van der Waals surface area contributed by atoms with Crippen LogP contribution in [-0.4, -0.2) is 18.3 Å². The van der Waals surface area contributed by atoms with E-state index in [1.165, 1.54) is 0 Å². The molecule has 2 aromatic rings. The minimum Gasteiger partial charge on any atom is -0.486 e. The first-order chi connectivity index (χ1) is 11.1. The molecule has 2 aromatic carbocycles. The highest BCUT2D eigenvalue weighted by Gasteiger charge is 2.15. The molecule has 3 rings (SSSR count). The molecule has 0 aromatic heterocycles. The van der Waals surface area contributed by atoms with Crippen LogP contribution in [0.1, 0.15) is 18.5 Å². The Morgan fingerprint density at radius 3 is 2.70 bits per heavy atom. The first kappa shape index (κ1) is 16.1. The molecule has 0 spiro atoms. The van der Waals surface area contributed by atoms with Gasteiger partial charge in [0, 0.05) is 10.2 Å². The molecule has 0 fully saturated rings. The van der Waals surface area contributed by atoms with Crippen molar-refractivity contribution in [2.75, 3.05) is 18.5 Å². The number of nitrogens with one attached hydrogen (secondary N) is 2. The number of ether oxygens (including phenoxy) is 2. The van der Waals surface area contributed by atoms with Gasteiger partial charge in [-0.05, 0) is 55.0 Å². The number of hydrogen-bond donors (Lipinski definition) is 2. The van der Waals surface area contributed by atoms with Crippen molar-refractivity contribution < 1.29 is 9.47 Å². The lowest BCUT2D eigenvalue weighted by atomic mass is 10.1. The summed E-state index contributed by atoms with van der Waals surface area (Å²) in [5.74, 6) is 1.58. The maximum atomic E-state index is 5.62. The second-order valence-electron chi connectivity index (χ2n) is 5.23. The van der Waals surface area contributed by atoms with Crippen molar-refractivity contribution in [3.8, 4) is 11.5 Å². The molecule has 1 heterocycles. The first-order valence-corrected chi connectivity index (χ1v) is 8.54. The van der Waals surface area contributed by atoms with Gasteiger partial charge in [-0.2, -0.15) is 0 Å². The molecule has 1 atom stereocenters.